The number of hydrogen-bond acceptors (Lipinski definition) is 3. The van der Waals surface area contributed by atoms with Gasteiger partial charge in [0.2, 0.25) is 0 Å². The number of anilines is 2. The van der Waals surface area contributed by atoms with Gasteiger partial charge in [-0.3, -0.25) is 9.97 Å². The minimum atomic E-state index is 0.611. The van der Waals surface area contributed by atoms with Crippen molar-refractivity contribution in [3.8, 4) is 0 Å². The van der Waals surface area contributed by atoms with Gasteiger partial charge in [0, 0.05) is 41.6 Å². The molecule has 0 aliphatic heterocycles. The SMILES string of the molecule is C=CCN(C(=S)Nc1cc2ccncc2c2ncccc12)c1ccccc1. The lowest BCUT2D eigenvalue weighted by atomic mass is 10.1. The highest BCUT2D eigenvalue weighted by atomic mass is 32.1. The van der Waals surface area contributed by atoms with Crippen LogP contribution < -0.4 is 10.2 Å². The standard InChI is InChI=1S/C22H18N4S/c1-2-13-26(17-7-4-3-5-8-17)22(27)25-20-14-16-10-12-23-15-19(16)21-18(20)9-6-11-24-21/h2-12,14-15H,1,13H2,(H,25,27). The van der Waals surface area contributed by atoms with E-state index >= 15 is 0 Å². The Hall–Kier alpha value is -3.31. The number of hydrogen-bond donors (Lipinski definition) is 1. The largest absolute Gasteiger partial charge is 0.332 e. The fourth-order valence-corrected chi connectivity index (χ4v) is 3.42. The Labute approximate surface area is 163 Å². The zero-order chi connectivity index (χ0) is 18.6. The number of fused-ring (bicyclic) bond motifs is 3. The number of benzene rings is 2. The number of nitrogens with one attached hydrogen (secondary N) is 1. The van der Waals surface area contributed by atoms with Crippen LogP contribution in [-0.4, -0.2) is 21.6 Å². The number of nitrogens with zero attached hydrogens (tertiary/aromatic N) is 3. The first-order valence-electron chi connectivity index (χ1n) is 8.64. The van der Waals surface area contributed by atoms with Crippen molar-refractivity contribution in [1.82, 2.24) is 9.97 Å². The molecule has 0 unspecified atom stereocenters. The molecule has 0 spiro atoms. The van der Waals surface area contributed by atoms with Crippen molar-refractivity contribution in [3.05, 3.63) is 85.8 Å². The molecule has 4 rings (SSSR count). The Bertz CT molecular complexity index is 1120. The van der Waals surface area contributed by atoms with Crippen LogP contribution >= 0.6 is 12.2 Å². The Kier molecular flexibility index (Phi) is 4.77. The van der Waals surface area contributed by atoms with Crippen molar-refractivity contribution in [1.29, 1.82) is 0 Å². The Morgan fingerprint density at radius 1 is 1.07 bits per heavy atom. The second-order valence-corrected chi connectivity index (χ2v) is 6.47. The van der Waals surface area contributed by atoms with Crippen molar-refractivity contribution < 1.29 is 0 Å². The molecular formula is C22H18N4S. The number of para-hydroxylation sites is 1. The van der Waals surface area contributed by atoms with Gasteiger partial charge < -0.3 is 10.2 Å². The summed E-state index contributed by atoms with van der Waals surface area (Å²) in [6, 6.07) is 18.1. The Morgan fingerprint density at radius 2 is 1.93 bits per heavy atom. The van der Waals surface area contributed by atoms with Crippen molar-refractivity contribution in [2.45, 2.75) is 0 Å². The number of aromatic nitrogens is 2. The molecule has 0 radical (unpaired) electrons. The van der Waals surface area contributed by atoms with Crippen molar-refractivity contribution in [2.75, 3.05) is 16.8 Å². The average molecular weight is 370 g/mol. The van der Waals surface area contributed by atoms with Crippen LogP contribution in [0.2, 0.25) is 0 Å². The first-order valence-corrected chi connectivity index (χ1v) is 9.04. The fraction of sp³-hybridized carbons (Fsp3) is 0.0455. The molecule has 0 aliphatic carbocycles. The minimum absolute atomic E-state index is 0.611. The number of rotatable bonds is 4. The molecule has 4 aromatic rings. The van der Waals surface area contributed by atoms with Gasteiger partial charge in [-0.2, -0.15) is 0 Å². The normalized spacial score (nSPS) is 10.7. The maximum Gasteiger partial charge on any atom is 0.178 e. The summed E-state index contributed by atoms with van der Waals surface area (Å²) in [6.07, 6.45) is 7.27. The van der Waals surface area contributed by atoms with E-state index in [0.717, 1.165) is 33.1 Å². The van der Waals surface area contributed by atoms with Crippen LogP contribution in [0.15, 0.2) is 85.8 Å². The topological polar surface area (TPSA) is 41.0 Å². The minimum Gasteiger partial charge on any atom is -0.332 e. The maximum absolute atomic E-state index is 5.72. The molecule has 0 saturated carbocycles. The molecule has 0 fully saturated rings. The van der Waals surface area contributed by atoms with E-state index in [1.54, 1.807) is 12.4 Å². The molecule has 2 aromatic carbocycles. The maximum atomic E-state index is 5.72. The van der Waals surface area contributed by atoms with E-state index in [0.29, 0.717) is 11.7 Å². The third kappa shape index (κ3) is 3.37. The molecule has 132 valence electrons. The zero-order valence-corrected chi connectivity index (χ0v) is 15.5. The fourth-order valence-electron chi connectivity index (χ4n) is 3.13. The first-order chi connectivity index (χ1) is 13.3. The van der Waals surface area contributed by atoms with Gasteiger partial charge in [0.05, 0.1) is 11.2 Å². The van der Waals surface area contributed by atoms with Gasteiger partial charge in [-0.25, -0.2) is 0 Å². The lowest BCUT2D eigenvalue weighted by Crippen LogP contribution is -2.34. The summed E-state index contributed by atoms with van der Waals surface area (Å²) in [5, 5.41) is 7.12. The van der Waals surface area contributed by atoms with E-state index in [4.69, 9.17) is 12.2 Å². The van der Waals surface area contributed by atoms with E-state index in [-0.39, 0.29) is 0 Å². The Balaban J connectivity index is 1.77. The summed E-state index contributed by atoms with van der Waals surface area (Å²) in [7, 11) is 0. The van der Waals surface area contributed by atoms with E-state index in [1.807, 2.05) is 65.7 Å². The molecule has 0 amide bonds. The molecule has 1 N–H and O–H groups in total. The summed E-state index contributed by atoms with van der Waals surface area (Å²) in [5.41, 5.74) is 2.84. The monoisotopic (exact) mass is 370 g/mol. The summed E-state index contributed by atoms with van der Waals surface area (Å²) in [4.78, 5) is 10.8. The third-order valence-corrected chi connectivity index (χ3v) is 4.70. The molecular weight excluding hydrogens is 352 g/mol. The quantitative estimate of drug-likeness (QED) is 0.305. The predicted molar refractivity (Wildman–Crippen MR) is 117 cm³/mol. The average Bonchev–Trinajstić information content (AvgIpc) is 2.72. The van der Waals surface area contributed by atoms with Gasteiger partial charge in [-0.05, 0) is 54.0 Å². The van der Waals surface area contributed by atoms with Gasteiger partial charge in [-0.15, -0.1) is 6.58 Å². The number of pyridine rings is 2. The predicted octanol–water partition coefficient (Wildman–Crippen LogP) is 5.17. The Morgan fingerprint density at radius 3 is 2.74 bits per heavy atom. The molecule has 2 aromatic heterocycles. The molecule has 0 bridgehead atoms. The summed E-state index contributed by atoms with van der Waals surface area (Å²) < 4.78 is 0. The molecule has 0 atom stereocenters. The van der Waals surface area contributed by atoms with Crippen molar-refractivity contribution in [2.24, 2.45) is 0 Å². The first kappa shape index (κ1) is 17.1. The van der Waals surface area contributed by atoms with Crippen molar-refractivity contribution in [3.63, 3.8) is 0 Å². The summed E-state index contributed by atoms with van der Waals surface area (Å²) >= 11 is 5.72. The van der Waals surface area contributed by atoms with E-state index in [1.165, 1.54) is 0 Å². The molecule has 4 nitrogen and oxygen atoms in total. The van der Waals surface area contributed by atoms with Crippen LogP contribution in [0.5, 0.6) is 0 Å². The van der Waals surface area contributed by atoms with Gasteiger partial charge in [-0.1, -0.05) is 24.3 Å². The summed E-state index contributed by atoms with van der Waals surface area (Å²) in [6.45, 7) is 4.47. The van der Waals surface area contributed by atoms with E-state index in [2.05, 4.69) is 27.9 Å². The van der Waals surface area contributed by atoms with Crippen LogP contribution in [-0.2, 0) is 0 Å². The van der Waals surface area contributed by atoms with Gasteiger partial charge in [0.25, 0.3) is 0 Å². The highest BCUT2D eigenvalue weighted by molar-refractivity contribution is 7.80. The van der Waals surface area contributed by atoms with Crippen LogP contribution in [0.3, 0.4) is 0 Å². The third-order valence-electron chi connectivity index (χ3n) is 4.37. The van der Waals surface area contributed by atoms with Crippen LogP contribution in [0, 0.1) is 0 Å². The van der Waals surface area contributed by atoms with Crippen LogP contribution in [0.1, 0.15) is 0 Å². The molecule has 5 heteroatoms. The summed E-state index contributed by atoms with van der Waals surface area (Å²) in [5.74, 6) is 0. The van der Waals surface area contributed by atoms with Gasteiger partial charge in [0.1, 0.15) is 0 Å². The lowest BCUT2D eigenvalue weighted by Gasteiger charge is -2.25. The second kappa shape index (κ2) is 7.51. The lowest BCUT2D eigenvalue weighted by molar-refractivity contribution is 1.15. The smallest absolute Gasteiger partial charge is 0.178 e. The van der Waals surface area contributed by atoms with Crippen LogP contribution in [0.25, 0.3) is 21.7 Å². The molecule has 27 heavy (non-hydrogen) atoms. The van der Waals surface area contributed by atoms with Crippen LogP contribution in [0.4, 0.5) is 11.4 Å². The highest BCUT2D eigenvalue weighted by Crippen LogP contribution is 2.30. The van der Waals surface area contributed by atoms with Crippen molar-refractivity contribution >= 4 is 50.4 Å². The van der Waals surface area contributed by atoms with E-state index in [9.17, 15) is 0 Å². The van der Waals surface area contributed by atoms with Gasteiger partial charge >= 0.3 is 0 Å². The second-order valence-electron chi connectivity index (χ2n) is 6.09. The van der Waals surface area contributed by atoms with E-state index < -0.39 is 0 Å². The molecule has 2 heterocycles. The molecule has 0 aliphatic rings. The zero-order valence-electron chi connectivity index (χ0n) is 14.7. The van der Waals surface area contributed by atoms with Gasteiger partial charge in [0.15, 0.2) is 5.11 Å². The number of thiocarbonyl (C=S) groups is 1. The molecule has 0 saturated heterocycles. The highest BCUT2D eigenvalue weighted by Gasteiger charge is 2.13.